The van der Waals surface area contributed by atoms with Crippen LogP contribution in [0.15, 0.2) is 0 Å². The Hall–Kier alpha value is -2.33. The molecule has 0 radical (unpaired) electrons. The van der Waals surface area contributed by atoms with Crippen LogP contribution in [-0.4, -0.2) is 34.0 Å². The zero-order valence-corrected chi connectivity index (χ0v) is 18.1. The van der Waals surface area contributed by atoms with Gasteiger partial charge in [0, 0.05) is 5.92 Å². The van der Waals surface area contributed by atoms with Gasteiger partial charge in [0.1, 0.15) is 17.2 Å². The molecule has 0 aromatic carbocycles. The van der Waals surface area contributed by atoms with E-state index < -0.39 is 24.0 Å². The molecule has 2 aromatic rings. The maximum Gasteiger partial charge on any atom is 0.341 e. The number of aromatic nitrogens is 2. The third-order valence-electron chi connectivity index (χ3n) is 4.62. The Bertz CT molecular complexity index is 1010. The van der Waals surface area contributed by atoms with Gasteiger partial charge in [-0.3, -0.25) is 14.3 Å². The summed E-state index contributed by atoms with van der Waals surface area (Å²) < 4.78 is 32.6. The molecule has 1 aliphatic carbocycles. The first-order valence-electron chi connectivity index (χ1n) is 9.31. The van der Waals surface area contributed by atoms with Crippen molar-refractivity contribution in [3.63, 3.8) is 0 Å². The van der Waals surface area contributed by atoms with E-state index in [-0.39, 0.29) is 40.4 Å². The molecule has 1 aliphatic rings. The Morgan fingerprint density at radius 2 is 2.03 bits per heavy atom. The second-order valence-corrected chi connectivity index (χ2v) is 8.30. The molecule has 2 aromatic heterocycles. The summed E-state index contributed by atoms with van der Waals surface area (Å²) in [5.74, 6) is -1.50. The molecule has 11 heteroatoms. The summed E-state index contributed by atoms with van der Waals surface area (Å²) in [6.07, 6.45) is -1.28. The first-order chi connectivity index (χ1) is 14.1. The van der Waals surface area contributed by atoms with Crippen molar-refractivity contribution in [2.75, 3.05) is 11.9 Å². The van der Waals surface area contributed by atoms with Gasteiger partial charge in [-0.2, -0.15) is 5.10 Å². The number of esters is 1. The molecule has 0 aliphatic heterocycles. The average molecular weight is 460 g/mol. The molecule has 0 unspecified atom stereocenters. The molecule has 1 fully saturated rings. The predicted molar refractivity (Wildman–Crippen MR) is 108 cm³/mol. The van der Waals surface area contributed by atoms with Crippen LogP contribution >= 0.6 is 22.9 Å². The maximum absolute atomic E-state index is 13.2. The molecule has 30 heavy (non-hydrogen) atoms. The first kappa shape index (κ1) is 22.4. The Morgan fingerprint density at radius 1 is 1.37 bits per heavy atom. The number of anilines is 1. The second kappa shape index (κ2) is 8.81. The fraction of sp³-hybridized carbons (Fsp3) is 0.474. The van der Waals surface area contributed by atoms with Gasteiger partial charge < -0.3 is 10.1 Å². The van der Waals surface area contributed by atoms with Crippen LogP contribution in [-0.2, 0) is 16.1 Å². The van der Waals surface area contributed by atoms with Crippen LogP contribution in [0.4, 0.5) is 13.8 Å². The minimum atomic E-state index is -2.85. The molecule has 0 atom stereocenters. The second-order valence-electron chi connectivity index (χ2n) is 6.90. The van der Waals surface area contributed by atoms with E-state index >= 15 is 0 Å². The summed E-state index contributed by atoms with van der Waals surface area (Å²) in [5, 5.41) is 6.47. The number of halogens is 3. The lowest BCUT2D eigenvalue weighted by atomic mass is 10.1. The minimum Gasteiger partial charge on any atom is -0.462 e. The lowest BCUT2D eigenvalue weighted by Gasteiger charge is -2.09. The van der Waals surface area contributed by atoms with Gasteiger partial charge in [0.25, 0.3) is 6.43 Å². The van der Waals surface area contributed by atoms with Crippen molar-refractivity contribution < 1.29 is 27.9 Å². The predicted octanol–water partition coefficient (Wildman–Crippen LogP) is 4.74. The van der Waals surface area contributed by atoms with Crippen LogP contribution < -0.4 is 5.32 Å². The quantitative estimate of drug-likeness (QED) is 0.455. The molecule has 162 valence electrons. The largest absolute Gasteiger partial charge is 0.462 e. The van der Waals surface area contributed by atoms with E-state index in [1.807, 2.05) is 0 Å². The Morgan fingerprint density at radius 3 is 2.57 bits per heavy atom. The van der Waals surface area contributed by atoms with Gasteiger partial charge in [-0.25, -0.2) is 13.6 Å². The fourth-order valence-electron chi connectivity index (χ4n) is 3.17. The van der Waals surface area contributed by atoms with Gasteiger partial charge >= 0.3 is 5.97 Å². The highest BCUT2D eigenvalue weighted by molar-refractivity contribution is 7.18. The number of hydrogen-bond acceptors (Lipinski definition) is 6. The van der Waals surface area contributed by atoms with Gasteiger partial charge in [0.2, 0.25) is 5.91 Å². The number of thiophene rings is 1. The van der Waals surface area contributed by atoms with Crippen LogP contribution in [0, 0.1) is 6.92 Å². The standard InChI is InChI=1S/C19H20ClF2N3O4S/c1-4-29-19(28)12-8(2)16(9(3)26)30-18(12)23-11(27)7-25-15(10-5-6-10)13(20)14(24-25)17(21)22/h10,17H,4-7H2,1-3H3,(H,23,27). The van der Waals surface area contributed by atoms with Crippen molar-refractivity contribution in [2.45, 2.75) is 52.5 Å². The molecule has 2 heterocycles. The average Bonchev–Trinajstić information content (AvgIpc) is 3.35. The van der Waals surface area contributed by atoms with Gasteiger partial charge in [0.05, 0.1) is 27.8 Å². The summed E-state index contributed by atoms with van der Waals surface area (Å²) in [4.78, 5) is 37.2. The van der Waals surface area contributed by atoms with Crippen molar-refractivity contribution >= 4 is 45.6 Å². The topological polar surface area (TPSA) is 90.3 Å². The highest BCUT2D eigenvalue weighted by atomic mass is 35.5. The van der Waals surface area contributed by atoms with E-state index in [1.165, 1.54) is 11.6 Å². The maximum atomic E-state index is 13.2. The van der Waals surface area contributed by atoms with Crippen molar-refractivity contribution in [3.05, 3.63) is 32.4 Å². The van der Waals surface area contributed by atoms with Crippen LogP contribution in [0.5, 0.6) is 0 Å². The van der Waals surface area contributed by atoms with Crippen molar-refractivity contribution in [1.29, 1.82) is 0 Å². The molecule has 7 nitrogen and oxygen atoms in total. The lowest BCUT2D eigenvalue weighted by molar-refractivity contribution is -0.116. The fourth-order valence-corrected chi connectivity index (χ4v) is 4.65. The van der Waals surface area contributed by atoms with Crippen LogP contribution in [0.2, 0.25) is 5.02 Å². The normalized spacial score (nSPS) is 13.6. The van der Waals surface area contributed by atoms with Gasteiger partial charge in [-0.15, -0.1) is 11.3 Å². The monoisotopic (exact) mass is 459 g/mol. The van der Waals surface area contributed by atoms with Gasteiger partial charge in [-0.05, 0) is 39.2 Å². The number of alkyl halides is 2. The molecular formula is C19H20ClF2N3O4S. The van der Waals surface area contributed by atoms with E-state index in [9.17, 15) is 23.2 Å². The van der Waals surface area contributed by atoms with E-state index in [0.29, 0.717) is 16.1 Å². The van der Waals surface area contributed by atoms with Crippen molar-refractivity contribution in [1.82, 2.24) is 9.78 Å². The molecule has 3 rings (SSSR count). The Kier molecular flexibility index (Phi) is 6.56. The summed E-state index contributed by atoms with van der Waals surface area (Å²) in [6, 6.07) is 0. The third-order valence-corrected chi connectivity index (χ3v) is 6.31. The number of hydrogen-bond donors (Lipinski definition) is 1. The Balaban J connectivity index is 1.88. The van der Waals surface area contributed by atoms with Crippen LogP contribution in [0.1, 0.15) is 76.0 Å². The van der Waals surface area contributed by atoms with Crippen LogP contribution in [0.25, 0.3) is 0 Å². The van der Waals surface area contributed by atoms with Crippen LogP contribution in [0.3, 0.4) is 0 Å². The molecule has 1 saturated carbocycles. The van der Waals surface area contributed by atoms with Crippen molar-refractivity contribution in [3.8, 4) is 0 Å². The summed E-state index contributed by atoms with van der Waals surface area (Å²) in [6.45, 7) is 4.38. The SMILES string of the molecule is CCOC(=O)c1c(NC(=O)Cn2nc(C(F)F)c(Cl)c2C2CC2)sc(C(C)=O)c1C. The van der Waals surface area contributed by atoms with E-state index in [2.05, 4.69) is 10.4 Å². The molecule has 1 N–H and O–H groups in total. The number of rotatable bonds is 8. The number of nitrogens with one attached hydrogen (secondary N) is 1. The zero-order chi connectivity index (χ0) is 22.2. The smallest absolute Gasteiger partial charge is 0.341 e. The van der Waals surface area contributed by atoms with E-state index in [0.717, 1.165) is 24.2 Å². The lowest BCUT2D eigenvalue weighted by Crippen LogP contribution is -2.21. The van der Waals surface area contributed by atoms with Crippen molar-refractivity contribution in [2.24, 2.45) is 0 Å². The number of ether oxygens (including phenoxy) is 1. The number of carbonyl (C=O) groups excluding carboxylic acids is 3. The van der Waals surface area contributed by atoms with Gasteiger partial charge in [-0.1, -0.05) is 11.6 Å². The number of amides is 1. The molecule has 0 spiro atoms. The summed E-state index contributed by atoms with van der Waals surface area (Å²) in [5.41, 5.74) is 0.389. The highest BCUT2D eigenvalue weighted by Gasteiger charge is 2.34. The number of carbonyl (C=O) groups is 3. The molecule has 0 saturated heterocycles. The number of Topliss-reactive ketones (excluding diaryl/α,β-unsaturated/α-hetero) is 1. The third kappa shape index (κ3) is 4.39. The number of nitrogens with zero attached hydrogens (tertiary/aromatic N) is 2. The van der Waals surface area contributed by atoms with E-state index in [1.54, 1.807) is 13.8 Å². The number of ketones is 1. The zero-order valence-electron chi connectivity index (χ0n) is 16.6. The molecule has 0 bridgehead atoms. The summed E-state index contributed by atoms with van der Waals surface area (Å²) in [7, 11) is 0. The highest BCUT2D eigenvalue weighted by Crippen LogP contribution is 2.45. The van der Waals surface area contributed by atoms with Gasteiger partial charge in [0.15, 0.2) is 5.78 Å². The minimum absolute atomic E-state index is 0.00584. The summed E-state index contributed by atoms with van der Waals surface area (Å²) >= 11 is 7.04. The molecule has 1 amide bonds. The first-order valence-corrected chi connectivity index (χ1v) is 10.5. The Labute approximate surface area is 180 Å². The molecular weight excluding hydrogens is 440 g/mol. The van der Waals surface area contributed by atoms with E-state index in [4.69, 9.17) is 16.3 Å².